The number of methoxy groups -OCH3 is 1. The third kappa shape index (κ3) is 8.69. The molecule has 1 atom stereocenters. The largest absolute Gasteiger partial charge is 0.493 e. The molecule has 0 aliphatic heterocycles. The number of nitrogens with zero attached hydrogens (tertiary/aromatic N) is 1. The molecule has 0 amide bonds. The molecule has 0 spiro atoms. The number of nitrogens with one attached hydrogen (secondary N) is 2. The van der Waals surface area contributed by atoms with Crippen LogP contribution in [0.15, 0.2) is 40.0 Å². The van der Waals surface area contributed by atoms with E-state index in [1.807, 2.05) is 5.38 Å². The van der Waals surface area contributed by atoms with Crippen LogP contribution in [0.3, 0.4) is 0 Å². The zero-order valence-electron chi connectivity index (χ0n) is 16.4. The Morgan fingerprint density at radius 3 is 2.55 bits per heavy atom. The number of halogens is 4. The lowest BCUT2D eigenvalue weighted by atomic mass is 10.1. The highest BCUT2D eigenvalue weighted by atomic mass is 127. The maximum absolute atomic E-state index is 12.3. The number of ether oxygens (including phenoxy) is 2. The van der Waals surface area contributed by atoms with E-state index in [1.165, 1.54) is 18.7 Å². The summed E-state index contributed by atoms with van der Waals surface area (Å²) < 4.78 is 46.9. The molecule has 1 aromatic heterocycles. The first-order valence-corrected chi connectivity index (χ1v) is 9.59. The van der Waals surface area contributed by atoms with Gasteiger partial charge in [-0.3, -0.25) is 4.99 Å². The van der Waals surface area contributed by atoms with Crippen molar-refractivity contribution in [3.63, 3.8) is 0 Å². The Morgan fingerprint density at radius 2 is 1.97 bits per heavy atom. The van der Waals surface area contributed by atoms with Crippen LogP contribution in [0.2, 0.25) is 0 Å². The van der Waals surface area contributed by atoms with E-state index in [9.17, 15) is 13.2 Å². The highest BCUT2D eigenvalue weighted by molar-refractivity contribution is 14.0. The second-order valence-electron chi connectivity index (χ2n) is 6.15. The first-order chi connectivity index (χ1) is 13.3. The quantitative estimate of drug-likeness (QED) is 0.286. The van der Waals surface area contributed by atoms with Gasteiger partial charge in [-0.1, -0.05) is 13.0 Å². The van der Waals surface area contributed by atoms with Crippen LogP contribution in [-0.2, 0) is 6.54 Å². The van der Waals surface area contributed by atoms with Crippen molar-refractivity contribution in [2.75, 3.05) is 27.3 Å². The molecule has 0 saturated carbocycles. The maximum atomic E-state index is 12.3. The summed E-state index contributed by atoms with van der Waals surface area (Å²) in [6, 6.07) is 6.89. The van der Waals surface area contributed by atoms with Gasteiger partial charge in [-0.05, 0) is 46.0 Å². The molecule has 0 aliphatic rings. The Balaban J connectivity index is 0.00000420. The normalized spacial score (nSPS) is 12.7. The van der Waals surface area contributed by atoms with Crippen LogP contribution in [0.5, 0.6) is 11.5 Å². The molecule has 2 N–H and O–H groups in total. The second kappa shape index (κ2) is 12.1. The fourth-order valence-electron chi connectivity index (χ4n) is 2.43. The van der Waals surface area contributed by atoms with E-state index in [1.54, 1.807) is 30.5 Å². The summed E-state index contributed by atoms with van der Waals surface area (Å²) in [5, 5.41) is 10.6. The van der Waals surface area contributed by atoms with E-state index in [4.69, 9.17) is 9.47 Å². The van der Waals surface area contributed by atoms with Gasteiger partial charge < -0.3 is 20.1 Å². The molecule has 0 saturated heterocycles. The predicted octanol–water partition coefficient (Wildman–Crippen LogP) is 4.78. The van der Waals surface area contributed by atoms with E-state index in [0.29, 0.717) is 18.4 Å². The standard InChI is InChI=1S/C19H24F3N3O2S.HI/c1-13(15-6-7-28-11-15)9-24-18(23-2)25-10-14-4-5-16(17(8-14)26-3)27-12-19(20,21)22;/h4-8,11,13H,9-10,12H2,1-3H3,(H2,23,24,25);1H. The van der Waals surface area contributed by atoms with Crippen molar-refractivity contribution in [3.05, 3.63) is 46.2 Å². The molecule has 162 valence electrons. The highest BCUT2D eigenvalue weighted by Gasteiger charge is 2.29. The molecule has 0 aliphatic carbocycles. The molecule has 1 heterocycles. The van der Waals surface area contributed by atoms with E-state index in [2.05, 4.69) is 34.0 Å². The average molecular weight is 543 g/mol. The van der Waals surface area contributed by atoms with E-state index in [-0.39, 0.29) is 35.5 Å². The smallest absolute Gasteiger partial charge is 0.422 e. The first kappa shape index (κ1) is 25.3. The van der Waals surface area contributed by atoms with Crippen LogP contribution in [0.25, 0.3) is 0 Å². The van der Waals surface area contributed by atoms with Crippen LogP contribution in [0, 0.1) is 0 Å². The van der Waals surface area contributed by atoms with Gasteiger partial charge in [0.25, 0.3) is 0 Å². The van der Waals surface area contributed by atoms with Crippen molar-refractivity contribution in [1.82, 2.24) is 10.6 Å². The molecule has 2 aromatic rings. The fourth-order valence-corrected chi connectivity index (χ4v) is 3.21. The minimum atomic E-state index is -4.40. The SMILES string of the molecule is CN=C(NCc1ccc(OCC(F)(F)F)c(OC)c1)NCC(C)c1ccsc1.I. The number of benzene rings is 1. The first-order valence-electron chi connectivity index (χ1n) is 8.65. The molecule has 10 heteroatoms. The minimum Gasteiger partial charge on any atom is -0.493 e. The van der Waals surface area contributed by atoms with Gasteiger partial charge in [-0.2, -0.15) is 24.5 Å². The number of hydrogen-bond donors (Lipinski definition) is 2. The molecule has 1 aromatic carbocycles. The summed E-state index contributed by atoms with van der Waals surface area (Å²) in [4.78, 5) is 4.19. The fraction of sp³-hybridized carbons (Fsp3) is 0.421. The van der Waals surface area contributed by atoms with Gasteiger partial charge in [0, 0.05) is 20.1 Å². The molecular weight excluding hydrogens is 518 g/mol. The van der Waals surface area contributed by atoms with Crippen LogP contribution >= 0.6 is 35.3 Å². The van der Waals surface area contributed by atoms with Crippen molar-refractivity contribution in [2.45, 2.75) is 25.6 Å². The Labute approximate surface area is 189 Å². The van der Waals surface area contributed by atoms with Crippen LogP contribution in [0.4, 0.5) is 13.2 Å². The van der Waals surface area contributed by atoms with Gasteiger partial charge in [-0.25, -0.2) is 0 Å². The molecule has 0 bridgehead atoms. The predicted molar refractivity (Wildman–Crippen MR) is 121 cm³/mol. The molecule has 1 unspecified atom stereocenters. The topological polar surface area (TPSA) is 54.9 Å². The third-order valence-corrected chi connectivity index (χ3v) is 4.69. The zero-order chi connectivity index (χ0) is 20.6. The summed E-state index contributed by atoms with van der Waals surface area (Å²) in [5.41, 5.74) is 2.09. The summed E-state index contributed by atoms with van der Waals surface area (Å²) in [6.07, 6.45) is -4.40. The van der Waals surface area contributed by atoms with Crippen LogP contribution in [-0.4, -0.2) is 39.4 Å². The number of hydrogen-bond acceptors (Lipinski definition) is 4. The maximum Gasteiger partial charge on any atom is 0.422 e. The van der Waals surface area contributed by atoms with Gasteiger partial charge >= 0.3 is 6.18 Å². The lowest BCUT2D eigenvalue weighted by Crippen LogP contribution is -2.38. The van der Waals surface area contributed by atoms with Crippen molar-refractivity contribution >= 4 is 41.3 Å². The highest BCUT2D eigenvalue weighted by Crippen LogP contribution is 2.29. The molecular formula is C19H25F3IN3O2S. The van der Waals surface area contributed by atoms with Gasteiger partial charge in [0.2, 0.25) is 0 Å². The zero-order valence-corrected chi connectivity index (χ0v) is 19.5. The van der Waals surface area contributed by atoms with Gasteiger partial charge in [0.1, 0.15) is 0 Å². The van der Waals surface area contributed by atoms with Gasteiger partial charge in [-0.15, -0.1) is 24.0 Å². The summed E-state index contributed by atoms with van der Waals surface area (Å²) in [5.74, 6) is 1.28. The second-order valence-corrected chi connectivity index (χ2v) is 6.93. The number of rotatable bonds is 8. The number of thiophene rings is 1. The lowest BCUT2D eigenvalue weighted by molar-refractivity contribution is -0.153. The Morgan fingerprint density at radius 1 is 1.21 bits per heavy atom. The molecule has 0 fully saturated rings. The van der Waals surface area contributed by atoms with E-state index in [0.717, 1.165) is 12.1 Å². The van der Waals surface area contributed by atoms with Crippen LogP contribution < -0.4 is 20.1 Å². The van der Waals surface area contributed by atoms with E-state index >= 15 is 0 Å². The number of aliphatic imine (C=N–C) groups is 1. The summed E-state index contributed by atoms with van der Waals surface area (Å²) >= 11 is 1.67. The molecule has 5 nitrogen and oxygen atoms in total. The number of alkyl halides is 3. The Bertz CT molecular complexity index is 771. The molecule has 29 heavy (non-hydrogen) atoms. The monoisotopic (exact) mass is 543 g/mol. The summed E-state index contributed by atoms with van der Waals surface area (Å²) in [6.45, 7) is 1.93. The molecule has 0 radical (unpaired) electrons. The third-order valence-electron chi connectivity index (χ3n) is 3.99. The Kier molecular flexibility index (Phi) is 10.6. The van der Waals surface area contributed by atoms with Crippen molar-refractivity contribution < 1.29 is 22.6 Å². The van der Waals surface area contributed by atoms with Crippen molar-refractivity contribution in [1.29, 1.82) is 0 Å². The molecule has 2 rings (SSSR count). The lowest BCUT2D eigenvalue weighted by Gasteiger charge is -2.16. The number of guanidine groups is 1. The minimum absolute atomic E-state index is 0. The van der Waals surface area contributed by atoms with Crippen molar-refractivity contribution in [3.8, 4) is 11.5 Å². The average Bonchev–Trinajstić information content (AvgIpc) is 3.20. The summed E-state index contributed by atoms with van der Waals surface area (Å²) in [7, 11) is 3.07. The van der Waals surface area contributed by atoms with E-state index < -0.39 is 12.8 Å². The van der Waals surface area contributed by atoms with Gasteiger partial charge in [0.05, 0.1) is 7.11 Å². The van der Waals surface area contributed by atoms with Crippen LogP contribution in [0.1, 0.15) is 24.0 Å². The Hall–Kier alpha value is -1.69. The van der Waals surface area contributed by atoms with Crippen molar-refractivity contribution in [2.24, 2.45) is 4.99 Å². The van der Waals surface area contributed by atoms with Gasteiger partial charge in [0.15, 0.2) is 24.1 Å².